The molecule has 2 bridgehead atoms. The van der Waals surface area contributed by atoms with E-state index in [9.17, 15) is 9.59 Å². The highest BCUT2D eigenvalue weighted by atomic mass is 32.1. The number of nitrogens with zero attached hydrogens (tertiary/aromatic N) is 2. The van der Waals surface area contributed by atoms with Crippen molar-refractivity contribution in [2.45, 2.75) is 44.9 Å². The molecule has 4 heterocycles. The first-order chi connectivity index (χ1) is 16.6. The monoisotopic (exact) mass is 470 g/mol. The van der Waals surface area contributed by atoms with E-state index in [1.807, 2.05) is 36.4 Å². The largest absolute Gasteiger partial charge is 0.303 e. The molecule has 0 saturated carbocycles. The summed E-state index contributed by atoms with van der Waals surface area (Å²) in [5.41, 5.74) is 2.78. The quantitative estimate of drug-likeness (QED) is 0.370. The minimum atomic E-state index is 0.228. The minimum absolute atomic E-state index is 0.228. The fourth-order valence-corrected chi connectivity index (χ4v) is 6.66. The molecule has 174 valence electrons. The summed E-state index contributed by atoms with van der Waals surface area (Å²) in [5, 5.41) is 10.1. The van der Waals surface area contributed by atoms with E-state index < -0.39 is 0 Å². The molecule has 0 amide bonds. The van der Waals surface area contributed by atoms with Gasteiger partial charge in [0.15, 0.2) is 5.78 Å². The minimum Gasteiger partial charge on any atom is -0.303 e. The van der Waals surface area contributed by atoms with E-state index >= 15 is 0 Å². The fourth-order valence-electron chi connectivity index (χ4n) is 5.58. The number of piperidine rings is 3. The number of ketones is 2. The van der Waals surface area contributed by atoms with Crippen molar-refractivity contribution < 1.29 is 9.59 Å². The third-order valence-electron chi connectivity index (χ3n) is 7.48. The molecule has 3 fully saturated rings. The first-order valence-corrected chi connectivity index (χ1v) is 13.2. The van der Waals surface area contributed by atoms with Gasteiger partial charge in [0.2, 0.25) is 0 Å². The van der Waals surface area contributed by atoms with E-state index in [0.717, 1.165) is 51.4 Å². The number of hydrogen-bond donors (Lipinski definition) is 0. The molecular formula is C29H30N2O2S. The molecule has 1 aromatic heterocycles. The molecule has 3 aliphatic heterocycles. The summed E-state index contributed by atoms with van der Waals surface area (Å²) >= 11 is 1.57. The second-order valence-corrected chi connectivity index (χ2v) is 11.0. The van der Waals surface area contributed by atoms with E-state index in [2.05, 4.69) is 17.0 Å². The Hall–Kier alpha value is -2.81. The molecule has 4 nitrogen and oxygen atoms in total. The third-order valence-corrected chi connectivity index (χ3v) is 8.62. The molecule has 1 atom stereocenters. The molecule has 0 spiro atoms. The Morgan fingerprint density at radius 1 is 1.06 bits per heavy atom. The zero-order valence-electron chi connectivity index (χ0n) is 19.5. The number of benzene rings is 2. The highest BCUT2D eigenvalue weighted by molar-refractivity contribution is 7.20. The van der Waals surface area contributed by atoms with Crippen molar-refractivity contribution in [1.29, 1.82) is 5.26 Å². The van der Waals surface area contributed by atoms with Gasteiger partial charge in [0.05, 0.1) is 16.5 Å². The molecule has 3 aliphatic rings. The molecule has 0 radical (unpaired) electrons. The van der Waals surface area contributed by atoms with Crippen molar-refractivity contribution >= 4 is 33.0 Å². The van der Waals surface area contributed by atoms with Crippen molar-refractivity contribution in [3.63, 3.8) is 0 Å². The van der Waals surface area contributed by atoms with E-state index in [1.165, 1.54) is 25.9 Å². The van der Waals surface area contributed by atoms with Crippen LogP contribution in [0, 0.1) is 23.2 Å². The Morgan fingerprint density at radius 2 is 1.91 bits per heavy atom. The van der Waals surface area contributed by atoms with Crippen LogP contribution in [0.2, 0.25) is 0 Å². The van der Waals surface area contributed by atoms with E-state index in [1.54, 1.807) is 17.4 Å². The maximum atomic E-state index is 13.0. The summed E-state index contributed by atoms with van der Waals surface area (Å²) in [4.78, 5) is 28.9. The Kier molecular flexibility index (Phi) is 6.89. The summed E-state index contributed by atoms with van der Waals surface area (Å²) in [6, 6.07) is 17.9. The second kappa shape index (κ2) is 10.2. The molecule has 5 heteroatoms. The van der Waals surface area contributed by atoms with E-state index in [-0.39, 0.29) is 11.6 Å². The lowest BCUT2D eigenvalue weighted by molar-refractivity contribution is -0.118. The number of rotatable bonds is 9. The van der Waals surface area contributed by atoms with Crippen LogP contribution >= 0.6 is 11.3 Å². The molecule has 0 aliphatic carbocycles. The van der Waals surface area contributed by atoms with Crippen molar-refractivity contribution in [3.05, 3.63) is 70.1 Å². The molecule has 3 saturated heterocycles. The standard InChI is InChI=1S/C29H30N2O2S/c30-18-22-5-1-3-20(13-22)4-2-6-26(32)14-21-7-8-24-17-29(34-28(24)15-21)27(33)16-25-19-31-11-9-23(25)10-12-31/h1,3,5,7-8,13,15,17,23,25H,2,4,6,9-12,14,16,19H2/t25-/m0/s1. The van der Waals surface area contributed by atoms with Crippen LogP contribution in [0.15, 0.2) is 48.5 Å². The zero-order chi connectivity index (χ0) is 23.5. The van der Waals surface area contributed by atoms with Gasteiger partial charge in [-0.25, -0.2) is 0 Å². The second-order valence-electron chi connectivity index (χ2n) is 9.89. The molecule has 0 N–H and O–H groups in total. The van der Waals surface area contributed by atoms with Gasteiger partial charge in [0.1, 0.15) is 5.78 Å². The van der Waals surface area contributed by atoms with Crippen LogP contribution in [0.5, 0.6) is 0 Å². The van der Waals surface area contributed by atoms with Crippen LogP contribution in [0.3, 0.4) is 0 Å². The van der Waals surface area contributed by atoms with Crippen LogP contribution in [-0.2, 0) is 17.6 Å². The van der Waals surface area contributed by atoms with E-state index in [0.29, 0.717) is 30.7 Å². The van der Waals surface area contributed by atoms with Gasteiger partial charge in [-0.05, 0) is 91.4 Å². The SMILES string of the molecule is N#Cc1cccc(CCCC(=O)Cc2ccc3cc(C(=O)C[C@H]4CN5CCC4CC5)sc3c2)c1. The lowest BCUT2D eigenvalue weighted by Gasteiger charge is -2.44. The smallest absolute Gasteiger partial charge is 0.173 e. The van der Waals surface area contributed by atoms with Crippen LogP contribution < -0.4 is 0 Å². The van der Waals surface area contributed by atoms with Crippen molar-refractivity contribution in [3.8, 4) is 6.07 Å². The van der Waals surface area contributed by atoms with Gasteiger partial charge in [-0.3, -0.25) is 9.59 Å². The average Bonchev–Trinajstić information content (AvgIpc) is 3.29. The lowest BCUT2D eigenvalue weighted by atomic mass is 9.76. The summed E-state index contributed by atoms with van der Waals surface area (Å²) in [7, 11) is 0. The Bertz CT molecular complexity index is 1250. The summed E-state index contributed by atoms with van der Waals surface area (Å²) in [5.74, 6) is 1.73. The zero-order valence-corrected chi connectivity index (χ0v) is 20.3. The summed E-state index contributed by atoms with van der Waals surface area (Å²) < 4.78 is 1.09. The predicted octanol–water partition coefficient (Wildman–Crippen LogP) is 5.82. The van der Waals surface area contributed by atoms with Crippen LogP contribution in [0.4, 0.5) is 0 Å². The Balaban J connectivity index is 1.16. The predicted molar refractivity (Wildman–Crippen MR) is 136 cm³/mol. The van der Waals surface area contributed by atoms with Crippen LogP contribution in [0.1, 0.15) is 58.5 Å². The maximum Gasteiger partial charge on any atom is 0.173 e. The van der Waals surface area contributed by atoms with E-state index in [4.69, 9.17) is 5.26 Å². The highest BCUT2D eigenvalue weighted by Gasteiger charge is 2.35. The normalized spacial score (nSPS) is 21.4. The van der Waals surface area contributed by atoms with Crippen molar-refractivity contribution in [1.82, 2.24) is 4.90 Å². The maximum absolute atomic E-state index is 13.0. The fraction of sp³-hybridized carbons (Fsp3) is 0.414. The number of nitriles is 1. The molecular weight excluding hydrogens is 440 g/mol. The van der Waals surface area contributed by atoms with Crippen molar-refractivity contribution in [2.24, 2.45) is 11.8 Å². The van der Waals surface area contributed by atoms with Gasteiger partial charge in [-0.2, -0.15) is 5.26 Å². The number of Topliss-reactive ketones (excluding diaryl/α,β-unsaturated/α-hetero) is 2. The number of carbonyl (C=O) groups is 2. The molecule has 6 rings (SSSR count). The van der Waals surface area contributed by atoms with Gasteiger partial charge in [0, 0.05) is 30.5 Å². The summed E-state index contributed by atoms with van der Waals surface area (Å²) in [6.07, 6.45) is 5.69. The average molecular weight is 471 g/mol. The third kappa shape index (κ3) is 5.29. The first kappa shape index (κ1) is 23.0. The lowest BCUT2D eigenvalue weighted by Crippen LogP contribution is -2.47. The molecule has 2 aromatic carbocycles. The van der Waals surface area contributed by atoms with Gasteiger partial charge in [0.25, 0.3) is 0 Å². The van der Waals surface area contributed by atoms with Gasteiger partial charge in [-0.15, -0.1) is 11.3 Å². The molecule has 34 heavy (non-hydrogen) atoms. The van der Waals surface area contributed by atoms with Gasteiger partial charge < -0.3 is 4.90 Å². The molecule has 3 aromatic rings. The summed E-state index contributed by atoms with van der Waals surface area (Å²) in [6.45, 7) is 3.49. The Morgan fingerprint density at radius 3 is 2.68 bits per heavy atom. The number of fused-ring (bicyclic) bond motifs is 4. The Labute approximate surface area is 205 Å². The topological polar surface area (TPSA) is 61.2 Å². The van der Waals surface area contributed by atoms with Gasteiger partial charge >= 0.3 is 0 Å². The van der Waals surface area contributed by atoms with Crippen LogP contribution in [0.25, 0.3) is 10.1 Å². The first-order valence-electron chi connectivity index (χ1n) is 12.4. The number of carbonyl (C=O) groups excluding carboxylic acids is 2. The van der Waals surface area contributed by atoms with Gasteiger partial charge in [-0.1, -0.05) is 24.3 Å². The number of aryl methyl sites for hydroxylation is 1. The number of thiophene rings is 1. The van der Waals surface area contributed by atoms with Crippen LogP contribution in [-0.4, -0.2) is 36.1 Å². The molecule has 0 unspecified atom stereocenters. The number of hydrogen-bond acceptors (Lipinski definition) is 5. The van der Waals surface area contributed by atoms with Crippen molar-refractivity contribution in [2.75, 3.05) is 19.6 Å². The highest BCUT2D eigenvalue weighted by Crippen LogP contribution is 2.36.